The van der Waals surface area contributed by atoms with E-state index >= 15 is 0 Å². The molecular formula is C50H80N14O14S. The Morgan fingerprint density at radius 1 is 0.658 bits per heavy atom. The Hall–Kier alpha value is -7.21. The highest BCUT2D eigenvalue weighted by Gasteiger charge is 2.36. The maximum atomic E-state index is 14.1. The zero-order valence-electron chi connectivity index (χ0n) is 45.4. The van der Waals surface area contributed by atoms with Gasteiger partial charge in [-0.3, -0.25) is 52.7 Å². The van der Waals surface area contributed by atoms with E-state index < -0.39 is 151 Å². The van der Waals surface area contributed by atoms with Crippen LogP contribution < -0.4 is 65.1 Å². The number of nitrogens with two attached hydrogens (primary N) is 3. The van der Waals surface area contributed by atoms with E-state index in [0.717, 1.165) is 6.92 Å². The maximum absolute atomic E-state index is 14.1. The molecule has 0 aliphatic carbocycles. The molecule has 19 N–H and O–H groups in total. The number of H-pyrrole nitrogens is 1. The molecule has 0 aliphatic rings. The fraction of sp³-hybridized carbons (Fsp3) is 0.600. The van der Waals surface area contributed by atoms with Crippen LogP contribution >= 0.6 is 11.8 Å². The number of aliphatic hydroxyl groups excluding tert-OH is 2. The van der Waals surface area contributed by atoms with Gasteiger partial charge < -0.3 is 85.4 Å². The summed E-state index contributed by atoms with van der Waals surface area (Å²) in [7, 11) is 0. The van der Waals surface area contributed by atoms with Gasteiger partial charge in [0.2, 0.25) is 59.1 Å². The minimum absolute atomic E-state index is 0.0288. The van der Waals surface area contributed by atoms with Gasteiger partial charge in [0, 0.05) is 24.7 Å². The second kappa shape index (κ2) is 35.3. The molecule has 2 rings (SSSR count). The van der Waals surface area contributed by atoms with Crippen molar-refractivity contribution in [1.29, 1.82) is 0 Å². The zero-order chi connectivity index (χ0) is 59.4. The van der Waals surface area contributed by atoms with Crippen LogP contribution in [0.5, 0.6) is 0 Å². The molecule has 0 spiro atoms. The first-order valence-electron chi connectivity index (χ1n) is 25.8. The van der Waals surface area contributed by atoms with E-state index in [1.165, 1.54) is 24.3 Å². The van der Waals surface area contributed by atoms with Gasteiger partial charge >= 0.3 is 5.97 Å². The summed E-state index contributed by atoms with van der Waals surface area (Å²) in [5, 5.41) is 52.5. The molecular weight excluding hydrogens is 1050 g/mol. The highest BCUT2D eigenvalue weighted by Crippen LogP contribution is 2.11. The van der Waals surface area contributed by atoms with Gasteiger partial charge in [0.05, 0.1) is 38.0 Å². The van der Waals surface area contributed by atoms with Crippen molar-refractivity contribution in [2.75, 3.05) is 31.7 Å². The number of aromatic nitrogens is 2. The smallest absolute Gasteiger partial charge is 0.305 e. The van der Waals surface area contributed by atoms with Crippen LogP contribution in [0.25, 0.3) is 0 Å². The Balaban J connectivity index is 2.27. The third kappa shape index (κ3) is 25.0. The Labute approximate surface area is 462 Å². The van der Waals surface area contributed by atoms with E-state index in [0.29, 0.717) is 29.9 Å². The molecule has 29 heteroatoms. The summed E-state index contributed by atoms with van der Waals surface area (Å²) in [5.41, 5.74) is 18.2. The van der Waals surface area contributed by atoms with Crippen molar-refractivity contribution in [2.24, 2.45) is 29.0 Å². The summed E-state index contributed by atoms with van der Waals surface area (Å²) in [6.45, 7) is 6.44. The summed E-state index contributed by atoms with van der Waals surface area (Å²) in [6, 6.07) is -4.78. The van der Waals surface area contributed by atoms with Crippen molar-refractivity contribution < 1.29 is 68.1 Å². The van der Waals surface area contributed by atoms with Crippen molar-refractivity contribution in [3.8, 4) is 0 Å². The van der Waals surface area contributed by atoms with E-state index in [2.05, 4.69) is 57.8 Å². The van der Waals surface area contributed by atoms with E-state index in [-0.39, 0.29) is 44.6 Å². The zero-order valence-corrected chi connectivity index (χ0v) is 46.2. The molecule has 1 aromatic heterocycles. The quantitative estimate of drug-likeness (QED) is 0.0283. The first kappa shape index (κ1) is 67.9. The van der Waals surface area contributed by atoms with Crippen molar-refractivity contribution >= 4 is 76.8 Å². The van der Waals surface area contributed by atoms with Gasteiger partial charge in [0.25, 0.3) is 0 Å². The number of nitrogens with one attached hydrogen (secondary N) is 10. The summed E-state index contributed by atoms with van der Waals surface area (Å²) < 4.78 is 0. The molecule has 0 saturated carbocycles. The fourth-order valence-corrected chi connectivity index (χ4v) is 8.15. The monoisotopic (exact) mass is 1130 g/mol. The number of hydrogen-bond acceptors (Lipinski definition) is 17. The first-order valence-corrected chi connectivity index (χ1v) is 27.2. The number of imidazole rings is 1. The average molecular weight is 1130 g/mol. The minimum Gasteiger partial charge on any atom is -0.481 e. The van der Waals surface area contributed by atoms with Crippen LogP contribution in [0.4, 0.5) is 0 Å². The van der Waals surface area contributed by atoms with Gasteiger partial charge in [-0.25, -0.2) is 4.98 Å². The number of rotatable bonds is 37. The third-order valence-corrected chi connectivity index (χ3v) is 12.7. The fourth-order valence-electron chi connectivity index (χ4n) is 7.68. The SMILES string of the molecule is CSCC[C@H](NC(=O)[C@H](CC(C)C)NC(=O)CNC(=O)[C@@H](NC(=O)[C@@H](Cc1ccccc1)NC(=O)[C@H](CO)NC(=O)[C@@H](CC(=O)O)NC(=O)[C@H](NC(=O)[C@@H](CCCCN)NC(=O)[C@@H](N)Cc1cnc[nH]1)[C@H](C)O)C(C)C)C(N)=O. The number of amides is 10. The Kier molecular flexibility index (Phi) is 30.4. The van der Waals surface area contributed by atoms with Crippen molar-refractivity contribution in [2.45, 2.75) is 146 Å². The lowest BCUT2D eigenvalue weighted by Gasteiger charge is -2.28. The molecule has 10 amide bonds. The van der Waals surface area contributed by atoms with Crippen molar-refractivity contribution in [1.82, 2.24) is 57.8 Å². The number of carbonyl (C=O) groups is 11. The predicted molar refractivity (Wildman–Crippen MR) is 289 cm³/mol. The Bertz CT molecular complexity index is 2330. The number of nitrogens with zero attached hydrogens (tertiary/aromatic N) is 1. The molecule has 440 valence electrons. The van der Waals surface area contributed by atoms with E-state index in [9.17, 15) is 68.1 Å². The number of benzene rings is 1. The number of aliphatic hydroxyl groups is 2. The molecule has 1 aromatic carbocycles. The second-order valence-electron chi connectivity index (χ2n) is 19.6. The van der Waals surface area contributed by atoms with Crippen LogP contribution in [0.15, 0.2) is 42.9 Å². The van der Waals surface area contributed by atoms with Crippen LogP contribution in [0, 0.1) is 11.8 Å². The lowest BCUT2D eigenvalue weighted by atomic mass is 10.0. The normalized spacial score (nSPS) is 15.0. The lowest BCUT2D eigenvalue weighted by Crippen LogP contribution is -2.62. The molecule has 28 nitrogen and oxygen atoms in total. The number of aromatic amines is 1. The molecule has 79 heavy (non-hydrogen) atoms. The second-order valence-corrected chi connectivity index (χ2v) is 20.5. The molecule has 0 saturated heterocycles. The van der Waals surface area contributed by atoms with Crippen LogP contribution in [0.2, 0.25) is 0 Å². The number of carboxylic acids is 1. The van der Waals surface area contributed by atoms with Gasteiger partial charge in [-0.2, -0.15) is 11.8 Å². The number of aliphatic carboxylic acids is 1. The number of hydrogen-bond donors (Lipinski definition) is 16. The Morgan fingerprint density at radius 2 is 1.23 bits per heavy atom. The largest absolute Gasteiger partial charge is 0.481 e. The standard InChI is InChI=1S/C50H80N14O14S/c1-26(2)18-34(45(73)58-32(42(53)70)15-17-79-6)57-38(67)23-55-49(77)40(27(3)4)63-47(75)35(19-29-12-8-7-9-13-29)60-48(76)37(24-65)62-46(74)36(21-39(68)69)61-50(78)41(28(5)66)64-44(72)33(14-10-11-16-51)59-43(71)31(52)20-30-22-54-25-56-30/h7-9,12-13,22,25-28,31-37,40-41,65-66H,10-11,14-21,23-24,51-52H2,1-6H3,(H2,53,70)(H,54,56)(H,55,77)(H,57,67)(H,58,73)(H,59,71)(H,60,76)(H,61,78)(H,62,74)(H,63,75)(H,64,72)(H,68,69)/t28-,31-,32-,33+,34-,35+,36+,37-,40-,41+/m0/s1. The Morgan fingerprint density at radius 3 is 1.78 bits per heavy atom. The molecule has 0 radical (unpaired) electrons. The molecule has 0 bridgehead atoms. The maximum Gasteiger partial charge on any atom is 0.305 e. The number of thioether (sulfide) groups is 1. The van der Waals surface area contributed by atoms with Gasteiger partial charge in [0.15, 0.2) is 0 Å². The number of primary amides is 1. The number of carbonyl (C=O) groups excluding carboxylic acids is 10. The predicted octanol–water partition coefficient (Wildman–Crippen LogP) is -4.57. The molecule has 2 aromatic rings. The van der Waals surface area contributed by atoms with Crippen LogP contribution in [-0.4, -0.2) is 183 Å². The average Bonchev–Trinajstić information content (AvgIpc) is 3.90. The molecule has 0 unspecified atom stereocenters. The minimum atomic E-state index is -2.00. The van der Waals surface area contributed by atoms with Crippen molar-refractivity contribution in [3.63, 3.8) is 0 Å². The molecule has 0 fully saturated rings. The van der Waals surface area contributed by atoms with Crippen LogP contribution in [0.1, 0.15) is 84.4 Å². The molecule has 1 heterocycles. The summed E-state index contributed by atoms with van der Waals surface area (Å²) >= 11 is 1.45. The molecule has 0 aliphatic heterocycles. The number of carboxylic acid groups (broad SMARTS) is 1. The van der Waals surface area contributed by atoms with Gasteiger partial charge in [-0.15, -0.1) is 0 Å². The van der Waals surface area contributed by atoms with Gasteiger partial charge in [-0.1, -0.05) is 58.0 Å². The summed E-state index contributed by atoms with van der Waals surface area (Å²) in [5.74, 6) is -11.1. The third-order valence-electron chi connectivity index (χ3n) is 12.0. The van der Waals surface area contributed by atoms with E-state index in [4.69, 9.17) is 17.2 Å². The summed E-state index contributed by atoms with van der Waals surface area (Å²) in [6.07, 6.45) is 3.01. The van der Waals surface area contributed by atoms with Crippen LogP contribution in [0.3, 0.4) is 0 Å². The number of unbranched alkanes of at least 4 members (excludes halogenated alkanes) is 1. The summed E-state index contributed by atoms with van der Waals surface area (Å²) in [4.78, 5) is 153. The highest BCUT2D eigenvalue weighted by molar-refractivity contribution is 7.98. The molecule has 10 atom stereocenters. The van der Waals surface area contributed by atoms with E-state index in [1.54, 1.807) is 44.2 Å². The first-order chi connectivity index (χ1) is 37.3. The van der Waals surface area contributed by atoms with Gasteiger partial charge in [-0.05, 0) is 75.0 Å². The van der Waals surface area contributed by atoms with Crippen molar-refractivity contribution in [3.05, 3.63) is 54.1 Å². The van der Waals surface area contributed by atoms with Gasteiger partial charge in [0.1, 0.15) is 48.3 Å². The topological polar surface area (TPSA) is 463 Å². The van der Waals surface area contributed by atoms with Crippen LogP contribution in [-0.2, 0) is 65.6 Å². The van der Waals surface area contributed by atoms with E-state index in [1.807, 2.05) is 20.1 Å². The highest BCUT2D eigenvalue weighted by atomic mass is 32.2. The lowest BCUT2D eigenvalue weighted by molar-refractivity contribution is -0.142.